The van der Waals surface area contributed by atoms with Crippen molar-refractivity contribution in [2.24, 2.45) is 17.3 Å². The first-order chi connectivity index (χ1) is 23.3. The van der Waals surface area contributed by atoms with E-state index in [9.17, 15) is 19.6 Å². The number of hydrogen-bond acceptors (Lipinski definition) is 12. The van der Waals surface area contributed by atoms with Crippen molar-refractivity contribution < 1.29 is 57.5 Å². The molecular weight excluding hydrogens is 676 g/mol. The molecule has 13 nitrogen and oxygen atoms in total. The average molecular weight is 725 g/mol. The van der Waals surface area contributed by atoms with Crippen LogP contribution in [-0.4, -0.2) is 81.2 Å². The van der Waals surface area contributed by atoms with Gasteiger partial charge in [0.15, 0.2) is 6.61 Å². The molecule has 7 atom stereocenters. The molecule has 0 bridgehead atoms. The largest absolute Gasteiger partial charge is 0.700 e. The second-order valence-electron chi connectivity index (χ2n) is 13.7. The van der Waals surface area contributed by atoms with Gasteiger partial charge in [-0.3, -0.25) is 4.52 Å². The highest BCUT2D eigenvalue weighted by atomic mass is 31.2. The van der Waals surface area contributed by atoms with Crippen LogP contribution in [0, 0.1) is 17.3 Å². The summed E-state index contributed by atoms with van der Waals surface area (Å²) in [5, 5.41) is 20.8. The summed E-state index contributed by atoms with van der Waals surface area (Å²) in [7, 11) is -4.50. The van der Waals surface area contributed by atoms with Gasteiger partial charge in [0, 0.05) is 24.1 Å². The smallest absolute Gasteiger partial charge is 0.494 e. The van der Waals surface area contributed by atoms with Crippen molar-refractivity contribution in [1.29, 1.82) is 0 Å². The Hall–Kier alpha value is -2.28. The number of ether oxygens (including phenoxy) is 3. The lowest BCUT2D eigenvalue weighted by Crippen LogP contribution is -2.43. The molecule has 0 spiro atoms. The van der Waals surface area contributed by atoms with Crippen molar-refractivity contribution in [3.05, 3.63) is 59.2 Å². The minimum atomic E-state index is -3.23. The molecule has 0 radical (unpaired) electrons. The van der Waals surface area contributed by atoms with Gasteiger partial charge in [-0.05, 0) is 116 Å². The van der Waals surface area contributed by atoms with Crippen molar-refractivity contribution >= 4 is 22.8 Å². The van der Waals surface area contributed by atoms with Gasteiger partial charge in [0.25, 0.3) is 0 Å². The highest BCUT2D eigenvalue weighted by molar-refractivity contribution is 7.39. The highest BCUT2D eigenvalue weighted by Crippen LogP contribution is 2.61. The maximum Gasteiger partial charge on any atom is 0.700 e. The number of aliphatic hydroxyl groups is 2. The molecule has 0 aromatic heterocycles. The summed E-state index contributed by atoms with van der Waals surface area (Å²) in [6.07, 6.45) is 6.44. The first-order valence-corrected chi connectivity index (χ1v) is 19.1. The second kappa shape index (κ2) is 16.8. The van der Waals surface area contributed by atoms with Crippen LogP contribution in [0.3, 0.4) is 0 Å². The minimum absolute atomic E-state index is 0.0584. The Balaban J connectivity index is 1.01. The van der Waals surface area contributed by atoms with E-state index < -0.39 is 28.8 Å². The summed E-state index contributed by atoms with van der Waals surface area (Å²) < 4.78 is 36.9. The fraction of sp³-hybridized carbons (Fsp3) is 0.618. The molecule has 15 heteroatoms. The molecule has 2 aromatic carbocycles. The zero-order valence-electron chi connectivity index (χ0n) is 28.0. The van der Waals surface area contributed by atoms with Gasteiger partial charge in [-0.15, -0.1) is 4.89 Å². The Labute approximate surface area is 289 Å². The summed E-state index contributed by atoms with van der Waals surface area (Å²) in [6, 6.07) is 13.4. The van der Waals surface area contributed by atoms with Crippen LogP contribution in [0.5, 0.6) is 11.5 Å². The molecule has 3 aliphatic rings. The Kier molecular flexibility index (Phi) is 13.0. The molecule has 5 N–H and O–H groups in total. The number of carbonyl (C=O) groups is 1. The molecule has 0 aliphatic heterocycles. The number of aryl methyl sites for hydroxylation is 1. The lowest BCUT2D eigenvalue weighted by atomic mass is 9.55. The third-order valence-electron chi connectivity index (χ3n) is 10.5. The Morgan fingerprint density at radius 1 is 1.08 bits per heavy atom. The van der Waals surface area contributed by atoms with E-state index in [0.29, 0.717) is 48.8 Å². The van der Waals surface area contributed by atoms with Gasteiger partial charge in [0.2, 0.25) is 0 Å². The quantitative estimate of drug-likeness (QED) is 0.0658. The predicted molar refractivity (Wildman–Crippen MR) is 179 cm³/mol. The predicted octanol–water partition coefficient (Wildman–Crippen LogP) is 4.66. The van der Waals surface area contributed by atoms with Crippen LogP contribution in [0.1, 0.15) is 74.5 Å². The lowest BCUT2D eigenvalue weighted by molar-refractivity contribution is -0.280. The number of benzene rings is 2. The molecule has 3 aliphatic carbocycles. The van der Waals surface area contributed by atoms with E-state index in [4.69, 9.17) is 28.9 Å². The van der Waals surface area contributed by atoms with E-state index in [1.807, 2.05) is 18.2 Å². The number of esters is 1. The van der Waals surface area contributed by atoms with Gasteiger partial charge in [-0.25, -0.2) is 4.79 Å². The second-order valence-corrected chi connectivity index (χ2v) is 15.0. The molecule has 49 heavy (non-hydrogen) atoms. The van der Waals surface area contributed by atoms with Crippen molar-refractivity contribution in [2.75, 3.05) is 33.4 Å². The number of hydrogen-bond donors (Lipinski definition) is 5. The Bertz CT molecular complexity index is 1450. The van der Waals surface area contributed by atoms with Gasteiger partial charge >= 0.3 is 28.8 Å². The minimum Gasteiger partial charge on any atom is -0.494 e. The van der Waals surface area contributed by atoms with Gasteiger partial charge in [0.1, 0.15) is 18.1 Å². The molecule has 0 heterocycles. The number of carbonyl (C=O) groups excluding carboxylic acids is 1. The van der Waals surface area contributed by atoms with Gasteiger partial charge in [0.05, 0.1) is 12.7 Å². The van der Waals surface area contributed by atoms with Crippen LogP contribution >= 0.6 is 16.9 Å². The molecule has 0 amide bonds. The molecule has 2 unspecified atom stereocenters. The van der Waals surface area contributed by atoms with Crippen LogP contribution in [-0.2, 0) is 36.2 Å². The van der Waals surface area contributed by atoms with Gasteiger partial charge < -0.3 is 39.1 Å². The van der Waals surface area contributed by atoms with E-state index in [0.717, 1.165) is 44.1 Å². The van der Waals surface area contributed by atoms with Crippen LogP contribution in [0.15, 0.2) is 42.5 Å². The highest BCUT2D eigenvalue weighted by Gasteiger charge is 2.54. The van der Waals surface area contributed by atoms with Crippen molar-refractivity contribution in [3.8, 4) is 11.5 Å². The third kappa shape index (κ3) is 9.95. The van der Waals surface area contributed by atoms with Gasteiger partial charge in [-0.1, -0.05) is 29.6 Å². The van der Waals surface area contributed by atoms with Crippen LogP contribution in [0.2, 0.25) is 0 Å². The average Bonchev–Trinajstić information content (AvgIpc) is 3.36. The summed E-state index contributed by atoms with van der Waals surface area (Å²) >= 11 is 0. The monoisotopic (exact) mass is 724 g/mol. The summed E-state index contributed by atoms with van der Waals surface area (Å²) in [5.74, 6) is -0.0700. The summed E-state index contributed by atoms with van der Waals surface area (Å²) in [6.45, 7) is 3.22. The van der Waals surface area contributed by atoms with E-state index in [1.165, 1.54) is 11.1 Å². The number of fused-ring (bicyclic) bond motifs is 5. The van der Waals surface area contributed by atoms with Crippen molar-refractivity contribution in [3.63, 3.8) is 0 Å². The molecule has 2 aromatic rings. The first kappa shape index (κ1) is 38.0. The lowest BCUT2D eigenvalue weighted by Gasteiger charge is -2.50. The van der Waals surface area contributed by atoms with E-state index in [1.54, 1.807) is 24.1 Å². The summed E-state index contributed by atoms with van der Waals surface area (Å²) in [4.78, 5) is 41.2. The molecule has 270 valence electrons. The zero-order valence-corrected chi connectivity index (χ0v) is 29.8. The standard InChI is InChI=1S/C34H47NO12P2/c1-33-14-13-28-27-10-8-26(20-24(27)7-9-29(28)30(33)11-12-31(33)36)44-22-32(37)45-21-23-5-3-6-25(19-23)43-18-4-16-35(2)17-15-34(38,46-48(39)40)47-49(41)42/h3,5-6,8,10,19-20,28-31,36,38-40H,4,7,9,11-18,21-22H2,1-2H3/p+1/t28-,29-,30+,31+,33+,34?/m1/s1. The number of aliphatic hydroxyl groups excluding tert-OH is 1. The van der Waals surface area contributed by atoms with Crippen LogP contribution < -0.4 is 9.47 Å². The molecular formula is C34H48NO12P2+. The first-order valence-electron chi connectivity index (χ1n) is 16.8. The SMILES string of the molecule is CN(CCCOc1cccc(COC(=O)COc2ccc3c(c2)CC[C@@H]2[C@@H]3CC[C@]3(C)[C@@H](O)CC[C@@H]23)c1)CCC(O)(OP(O)O)O[P+](=O)O. The van der Waals surface area contributed by atoms with E-state index in [2.05, 4.69) is 28.1 Å². The normalized spacial score (nSPS) is 26.0. The van der Waals surface area contributed by atoms with E-state index in [-0.39, 0.29) is 37.7 Å². The Morgan fingerprint density at radius 2 is 1.88 bits per heavy atom. The van der Waals surface area contributed by atoms with Crippen LogP contribution in [0.25, 0.3) is 0 Å². The molecule has 2 fully saturated rings. The fourth-order valence-corrected chi connectivity index (χ4v) is 8.83. The van der Waals surface area contributed by atoms with E-state index >= 15 is 0 Å². The maximum absolute atomic E-state index is 12.5. The third-order valence-corrected chi connectivity index (χ3v) is 11.4. The Morgan fingerprint density at radius 3 is 2.65 bits per heavy atom. The molecule has 5 rings (SSSR count). The van der Waals surface area contributed by atoms with Crippen LogP contribution in [0.4, 0.5) is 0 Å². The van der Waals surface area contributed by atoms with Gasteiger partial charge in [-0.2, -0.15) is 0 Å². The zero-order chi connectivity index (χ0) is 35.2. The summed E-state index contributed by atoms with van der Waals surface area (Å²) in [5.41, 5.74) is 3.52. The molecule has 0 saturated heterocycles. The number of nitrogens with zero attached hydrogens (tertiary/aromatic N) is 1. The number of rotatable bonds is 17. The van der Waals surface area contributed by atoms with Crippen molar-refractivity contribution in [1.82, 2.24) is 4.90 Å². The molecule has 2 saturated carbocycles. The topological polar surface area (TPSA) is 185 Å². The van der Waals surface area contributed by atoms with Crippen molar-refractivity contribution in [2.45, 2.75) is 82.9 Å². The fourth-order valence-electron chi connectivity index (χ4n) is 8.02. The maximum atomic E-state index is 12.5.